The van der Waals surface area contributed by atoms with E-state index in [-0.39, 0.29) is 6.04 Å². The van der Waals surface area contributed by atoms with Gasteiger partial charge in [-0.2, -0.15) is 0 Å². The Morgan fingerprint density at radius 3 is 2.79 bits per heavy atom. The van der Waals surface area contributed by atoms with E-state index in [2.05, 4.69) is 9.55 Å². The summed E-state index contributed by atoms with van der Waals surface area (Å²) in [6.45, 7) is 0.857. The molecule has 0 aliphatic carbocycles. The Balaban J connectivity index is 1.69. The molecule has 1 aromatic rings. The minimum Gasteiger partial charge on any atom is -0.330 e. The molecule has 1 aromatic heterocycles. The second kappa shape index (κ2) is 4.90. The van der Waals surface area contributed by atoms with Crippen molar-refractivity contribution in [2.75, 3.05) is 11.5 Å². The number of aryl methyl sites for hydroxylation is 1. The van der Waals surface area contributed by atoms with E-state index < -0.39 is 9.84 Å². The van der Waals surface area contributed by atoms with Gasteiger partial charge in [-0.25, -0.2) is 13.4 Å². The van der Waals surface area contributed by atoms with Gasteiger partial charge in [0.05, 0.1) is 11.5 Å². The van der Waals surface area contributed by atoms with Crippen LogP contribution < -0.4 is 5.73 Å². The van der Waals surface area contributed by atoms with Gasteiger partial charge in [0.25, 0.3) is 0 Å². The Morgan fingerprint density at radius 2 is 2.05 bits per heavy atom. The number of hydrogen-bond donors (Lipinski definition) is 1. The molecule has 1 saturated heterocycles. The lowest BCUT2D eigenvalue weighted by Gasteiger charge is -2.25. The van der Waals surface area contributed by atoms with Gasteiger partial charge in [0.2, 0.25) is 0 Å². The van der Waals surface area contributed by atoms with Crippen LogP contribution in [0.15, 0.2) is 6.20 Å². The Morgan fingerprint density at radius 1 is 1.32 bits per heavy atom. The summed E-state index contributed by atoms with van der Waals surface area (Å²) < 4.78 is 25.1. The van der Waals surface area contributed by atoms with Gasteiger partial charge in [-0.3, -0.25) is 0 Å². The summed E-state index contributed by atoms with van der Waals surface area (Å²) in [6, 6.07) is 0.229. The van der Waals surface area contributed by atoms with Crippen molar-refractivity contribution < 1.29 is 8.42 Å². The van der Waals surface area contributed by atoms with Crippen LogP contribution in [0.1, 0.15) is 30.8 Å². The predicted octanol–water partition coefficient (Wildman–Crippen LogP) is 0.524. The molecule has 0 spiro atoms. The largest absolute Gasteiger partial charge is 0.330 e. The van der Waals surface area contributed by atoms with Crippen LogP contribution in [0.25, 0.3) is 0 Å². The van der Waals surface area contributed by atoms with E-state index in [0.717, 1.165) is 44.5 Å². The topological polar surface area (TPSA) is 78.0 Å². The highest BCUT2D eigenvalue weighted by molar-refractivity contribution is 7.91. The Kier molecular flexibility index (Phi) is 3.39. The molecule has 0 radical (unpaired) electrons. The minimum atomic E-state index is -2.77. The molecule has 19 heavy (non-hydrogen) atoms. The zero-order chi connectivity index (χ0) is 13.5. The quantitative estimate of drug-likeness (QED) is 0.858. The molecule has 106 valence electrons. The standard InChI is InChI=1S/C13H21N3O2S/c14-11-1-2-12-8-15-13(16(12)9-11)7-10-3-5-19(17,18)6-4-10/h8,10-11H,1-7,9,14H2. The van der Waals surface area contributed by atoms with Crippen molar-refractivity contribution >= 4 is 9.84 Å². The maximum Gasteiger partial charge on any atom is 0.150 e. The van der Waals surface area contributed by atoms with E-state index in [9.17, 15) is 8.42 Å². The van der Waals surface area contributed by atoms with Crippen LogP contribution in [-0.2, 0) is 29.2 Å². The molecule has 6 heteroatoms. The number of nitrogens with zero attached hydrogens (tertiary/aromatic N) is 2. The van der Waals surface area contributed by atoms with Gasteiger partial charge in [-0.1, -0.05) is 0 Å². The molecule has 1 unspecified atom stereocenters. The normalized spacial score (nSPS) is 27.1. The summed E-state index contributed by atoms with van der Waals surface area (Å²) in [5.74, 6) is 2.22. The molecule has 5 nitrogen and oxygen atoms in total. The van der Waals surface area contributed by atoms with E-state index in [1.54, 1.807) is 0 Å². The van der Waals surface area contributed by atoms with Gasteiger partial charge in [0.1, 0.15) is 15.7 Å². The first-order chi connectivity index (χ1) is 9.03. The highest BCUT2D eigenvalue weighted by Gasteiger charge is 2.26. The van der Waals surface area contributed by atoms with Crippen LogP contribution in [0.2, 0.25) is 0 Å². The first-order valence-electron chi connectivity index (χ1n) is 7.03. The fourth-order valence-corrected chi connectivity index (χ4v) is 4.69. The first-order valence-corrected chi connectivity index (χ1v) is 8.85. The van der Waals surface area contributed by atoms with Crippen molar-refractivity contribution in [2.24, 2.45) is 11.7 Å². The number of imidazole rings is 1. The second-order valence-electron chi connectivity index (χ2n) is 5.87. The fourth-order valence-electron chi connectivity index (χ4n) is 3.10. The molecule has 1 fully saturated rings. The van der Waals surface area contributed by atoms with Gasteiger partial charge in [-0.15, -0.1) is 0 Å². The molecule has 0 aromatic carbocycles. The summed E-state index contributed by atoms with van der Waals surface area (Å²) in [6.07, 6.45) is 6.44. The van der Waals surface area contributed by atoms with E-state index >= 15 is 0 Å². The molecule has 3 heterocycles. The minimum absolute atomic E-state index is 0.229. The van der Waals surface area contributed by atoms with E-state index in [1.165, 1.54) is 5.69 Å². The van der Waals surface area contributed by atoms with Crippen LogP contribution in [0, 0.1) is 5.92 Å². The first kappa shape index (κ1) is 13.1. The smallest absolute Gasteiger partial charge is 0.150 e. The third kappa shape index (κ3) is 2.84. The van der Waals surface area contributed by atoms with Crippen LogP contribution in [0.5, 0.6) is 0 Å². The maximum absolute atomic E-state index is 11.4. The number of sulfone groups is 1. The molecule has 2 aliphatic heterocycles. The molecular formula is C13H21N3O2S. The number of fused-ring (bicyclic) bond motifs is 1. The zero-order valence-corrected chi connectivity index (χ0v) is 11.9. The van der Waals surface area contributed by atoms with Crippen molar-refractivity contribution in [1.29, 1.82) is 0 Å². The molecule has 0 bridgehead atoms. The van der Waals surface area contributed by atoms with Crippen LogP contribution in [0.3, 0.4) is 0 Å². The predicted molar refractivity (Wildman–Crippen MR) is 73.6 cm³/mol. The van der Waals surface area contributed by atoms with Crippen molar-refractivity contribution in [1.82, 2.24) is 9.55 Å². The molecule has 2 aliphatic rings. The SMILES string of the molecule is NC1CCc2cnc(CC3CCS(=O)(=O)CC3)n2C1. The number of rotatable bonds is 2. The average Bonchev–Trinajstić information content (AvgIpc) is 2.75. The number of aromatic nitrogens is 2. The molecule has 2 N–H and O–H groups in total. The van der Waals surface area contributed by atoms with Crippen LogP contribution >= 0.6 is 0 Å². The highest BCUT2D eigenvalue weighted by Crippen LogP contribution is 2.24. The summed E-state index contributed by atoms with van der Waals surface area (Å²) in [7, 11) is -2.77. The van der Waals surface area contributed by atoms with E-state index in [4.69, 9.17) is 5.73 Å². The second-order valence-corrected chi connectivity index (χ2v) is 8.18. The van der Waals surface area contributed by atoms with Gasteiger partial charge in [0.15, 0.2) is 0 Å². The van der Waals surface area contributed by atoms with Gasteiger partial charge < -0.3 is 10.3 Å². The van der Waals surface area contributed by atoms with Crippen molar-refractivity contribution in [3.63, 3.8) is 0 Å². The van der Waals surface area contributed by atoms with Crippen molar-refractivity contribution in [2.45, 2.75) is 44.7 Å². The average molecular weight is 283 g/mol. The molecule has 0 amide bonds. The Labute approximate surface area is 114 Å². The van der Waals surface area contributed by atoms with Gasteiger partial charge in [0, 0.05) is 30.9 Å². The van der Waals surface area contributed by atoms with Crippen molar-refractivity contribution in [3.8, 4) is 0 Å². The molecular weight excluding hydrogens is 262 g/mol. The molecule has 3 rings (SSSR count). The monoisotopic (exact) mass is 283 g/mol. The third-order valence-electron chi connectivity index (χ3n) is 4.35. The van der Waals surface area contributed by atoms with Gasteiger partial charge in [-0.05, 0) is 31.6 Å². The Bertz CT molecular complexity index is 550. The lowest BCUT2D eigenvalue weighted by Crippen LogP contribution is -2.33. The highest BCUT2D eigenvalue weighted by atomic mass is 32.2. The van der Waals surface area contributed by atoms with E-state index in [1.807, 2.05) is 6.20 Å². The summed E-state index contributed by atoms with van der Waals surface area (Å²) in [5.41, 5.74) is 7.30. The van der Waals surface area contributed by atoms with E-state index in [0.29, 0.717) is 17.4 Å². The summed E-state index contributed by atoms with van der Waals surface area (Å²) in [5, 5.41) is 0. The maximum atomic E-state index is 11.4. The molecule has 0 saturated carbocycles. The zero-order valence-electron chi connectivity index (χ0n) is 11.1. The lowest BCUT2D eigenvalue weighted by atomic mass is 9.98. The number of hydrogen-bond acceptors (Lipinski definition) is 4. The summed E-state index contributed by atoms with van der Waals surface area (Å²) >= 11 is 0. The molecule has 1 atom stereocenters. The fraction of sp³-hybridized carbons (Fsp3) is 0.769. The third-order valence-corrected chi connectivity index (χ3v) is 6.07. The van der Waals surface area contributed by atoms with Crippen molar-refractivity contribution in [3.05, 3.63) is 17.7 Å². The lowest BCUT2D eigenvalue weighted by molar-refractivity contribution is 0.413. The summed E-state index contributed by atoms with van der Waals surface area (Å²) in [4.78, 5) is 4.52. The van der Waals surface area contributed by atoms with Crippen LogP contribution in [-0.4, -0.2) is 35.5 Å². The van der Waals surface area contributed by atoms with Gasteiger partial charge >= 0.3 is 0 Å². The Hall–Kier alpha value is -0.880. The number of nitrogens with two attached hydrogens (primary N) is 1. The van der Waals surface area contributed by atoms with Crippen LogP contribution in [0.4, 0.5) is 0 Å².